The zero-order valence-corrected chi connectivity index (χ0v) is 16.9. The Hall–Kier alpha value is -3.20. The molecule has 0 unspecified atom stereocenters. The van der Waals surface area contributed by atoms with Crippen LogP contribution in [0.2, 0.25) is 0 Å². The maximum Gasteiger partial charge on any atom is 0.338 e. The van der Waals surface area contributed by atoms with Crippen LogP contribution in [-0.2, 0) is 31.7 Å². The Morgan fingerprint density at radius 2 is 1.66 bits per heavy atom. The Labute approximate surface area is 169 Å². The molecule has 0 aliphatic rings. The predicted octanol–water partition coefficient (Wildman–Crippen LogP) is 1.80. The van der Waals surface area contributed by atoms with E-state index in [0.717, 1.165) is 11.8 Å². The first-order valence-corrected chi connectivity index (χ1v) is 10.8. The van der Waals surface area contributed by atoms with Gasteiger partial charge in [-0.1, -0.05) is 42.5 Å². The van der Waals surface area contributed by atoms with Crippen LogP contribution in [0.3, 0.4) is 0 Å². The topological polar surface area (TPSA) is 119 Å². The second-order valence-corrected chi connectivity index (χ2v) is 8.62. The Balaban J connectivity index is 1.87. The number of hydrogen-bond donors (Lipinski definition) is 2. The lowest BCUT2D eigenvalue weighted by atomic mass is 10.1. The Morgan fingerprint density at radius 1 is 1.00 bits per heavy atom. The Kier molecular flexibility index (Phi) is 7.49. The molecular formula is C20H22N2O6S. The van der Waals surface area contributed by atoms with E-state index in [1.54, 1.807) is 6.07 Å². The van der Waals surface area contributed by atoms with E-state index >= 15 is 0 Å². The highest BCUT2D eigenvalue weighted by molar-refractivity contribution is 7.89. The van der Waals surface area contributed by atoms with E-state index in [2.05, 4.69) is 10.6 Å². The van der Waals surface area contributed by atoms with Crippen molar-refractivity contribution >= 4 is 27.7 Å². The molecule has 0 heterocycles. The summed E-state index contributed by atoms with van der Waals surface area (Å²) in [6.45, 7) is 1.57. The molecule has 0 saturated heterocycles. The number of amides is 3. The third kappa shape index (κ3) is 7.74. The van der Waals surface area contributed by atoms with E-state index in [0.29, 0.717) is 5.56 Å². The van der Waals surface area contributed by atoms with E-state index < -0.39 is 33.8 Å². The predicted molar refractivity (Wildman–Crippen MR) is 107 cm³/mol. The molecule has 0 bridgehead atoms. The molecule has 0 aliphatic heterocycles. The van der Waals surface area contributed by atoms with Crippen LogP contribution >= 0.6 is 0 Å². The van der Waals surface area contributed by atoms with Crippen LogP contribution in [0.5, 0.6) is 0 Å². The molecule has 0 aliphatic carbocycles. The summed E-state index contributed by atoms with van der Waals surface area (Å²) in [7, 11) is -3.26. The Bertz CT molecular complexity index is 989. The number of imide groups is 1. The number of esters is 1. The third-order valence-corrected chi connectivity index (χ3v) is 4.63. The highest BCUT2D eigenvalue weighted by Crippen LogP contribution is 2.11. The SMILES string of the molecule is C[C@H](OC(=O)c1cccc(CS(C)(=O)=O)c1)C(=O)NC(=O)NCc1ccccc1. The first kappa shape index (κ1) is 22.1. The van der Waals surface area contributed by atoms with Gasteiger partial charge in [0.25, 0.3) is 5.91 Å². The van der Waals surface area contributed by atoms with Gasteiger partial charge < -0.3 is 10.1 Å². The molecule has 9 heteroatoms. The number of carbonyl (C=O) groups excluding carboxylic acids is 3. The minimum atomic E-state index is -3.26. The van der Waals surface area contributed by atoms with E-state index in [9.17, 15) is 22.8 Å². The smallest absolute Gasteiger partial charge is 0.338 e. The number of carbonyl (C=O) groups is 3. The number of urea groups is 1. The summed E-state index contributed by atoms with van der Waals surface area (Å²) < 4.78 is 27.8. The molecule has 0 fully saturated rings. The van der Waals surface area contributed by atoms with Crippen molar-refractivity contribution in [2.75, 3.05) is 6.26 Å². The maximum absolute atomic E-state index is 12.2. The van der Waals surface area contributed by atoms with Gasteiger partial charge in [0, 0.05) is 12.8 Å². The van der Waals surface area contributed by atoms with E-state index in [1.807, 2.05) is 30.3 Å². The van der Waals surface area contributed by atoms with Crippen LogP contribution in [0.15, 0.2) is 54.6 Å². The molecule has 29 heavy (non-hydrogen) atoms. The highest BCUT2D eigenvalue weighted by Gasteiger charge is 2.21. The average Bonchev–Trinajstić information content (AvgIpc) is 2.66. The van der Waals surface area contributed by atoms with Gasteiger partial charge in [0.05, 0.1) is 11.3 Å². The fourth-order valence-corrected chi connectivity index (χ4v) is 3.19. The molecule has 0 aromatic heterocycles. The van der Waals surface area contributed by atoms with Gasteiger partial charge in [-0.3, -0.25) is 10.1 Å². The first-order chi connectivity index (χ1) is 13.6. The summed E-state index contributed by atoms with van der Waals surface area (Å²) in [5.41, 5.74) is 1.40. The minimum Gasteiger partial charge on any atom is -0.449 e. The number of sulfone groups is 1. The second-order valence-electron chi connectivity index (χ2n) is 6.48. The molecule has 2 aromatic carbocycles. The number of hydrogen-bond acceptors (Lipinski definition) is 6. The summed E-state index contributed by atoms with van der Waals surface area (Å²) in [5.74, 6) is -1.80. The molecule has 0 spiro atoms. The van der Waals surface area contributed by atoms with Gasteiger partial charge in [0.1, 0.15) is 0 Å². The zero-order valence-electron chi connectivity index (χ0n) is 16.0. The zero-order chi connectivity index (χ0) is 21.4. The van der Waals surface area contributed by atoms with Crippen molar-refractivity contribution in [1.82, 2.24) is 10.6 Å². The lowest BCUT2D eigenvalue weighted by Gasteiger charge is -2.14. The fourth-order valence-electron chi connectivity index (χ4n) is 2.41. The lowest BCUT2D eigenvalue weighted by molar-refractivity contribution is -0.127. The van der Waals surface area contributed by atoms with Gasteiger partial charge in [0.2, 0.25) is 0 Å². The summed E-state index contributed by atoms with van der Waals surface area (Å²) in [6.07, 6.45) is -0.128. The third-order valence-electron chi connectivity index (χ3n) is 3.78. The van der Waals surface area contributed by atoms with Crippen LogP contribution in [0, 0.1) is 0 Å². The summed E-state index contributed by atoms with van der Waals surface area (Å²) in [5, 5.41) is 4.63. The van der Waals surface area contributed by atoms with Gasteiger partial charge >= 0.3 is 12.0 Å². The first-order valence-electron chi connectivity index (χ1n) is 8.74. The molecule has 2 rings (SSSR count). The number of nitrogens with one attached hydrogen (secondary N) is 2. The number of benzene rings is 2. The molecule has 154 valence electrons. The standard InChI is InChI=1S/C20H22N2O6S/c1-14(18(23)22-20(25)21-12-15-7-4-3-5-8-15)28-19(24)17-10-6-9-16(11-17)13-29(2,26)27/h3-11,14H,12-13H2,1-2H3,(H2,21,22,23,25)/t14-/m0/s1. The van der Waals surface area contributed by atoms with Gasteiger partial charge in [-0.05, 0) is 30.2 Å². The van der Waals surface area contributed by atoms with Crippen LogP contribution in [0.4, 0.5) is 4.79 Å². The summed E-state index contributed by atoms with van der Waals surface area (Å²) >= 11 is 0. The molecule has 0 radical (unpaired) electrons. The van der Waals surface area contributed by atoms with Crippen molar-refractivity contribution in [1.29, 1.82) is 0 Å². The molecule has 0 saturated carbocycles. The van der Waals surface area contributed by atoms with Crippen LogP contribution in [0.1, 0.15) is 28.4 Å². The fraction of sp³-hybridized carbons (Fsp3) is 0.250. The van der Waals surface area contributed by atoms with Crippen LogP contribution in [0.25, 0.3) is 0 Å². The van der Waals surface area contributed by atoms with E-state index in [1.165, 1.54) is 25.1 Å². The normalized spacial score (nSPS) is 11.9. The van der Waals surface area contributed by atoms with Crippen molar-refractivity contribution in [3.05, 3.63) is 71.3 Å². The van der Waals surface area contributed by atoms with Gasteiger partial charge in [-0.15, -0.1) is 0 Å². The van der Waals surface area contributed by atoms with Gasteiger partial charge in [0.15, 0.2) is 15.9 Å². The quantitative estimate of drug-likeness (QED) is 0.662. The van der Waals surface area contributed by atoms with Crippen molar-refractivity contribution in [3.8, 4) is 0 Å². The van der Waals surface area contributed by atoms with Crippen LogP contribution in [-0.4, -0.2) is 38.7 Å². The second kappa shape index (κ2) is 9.83. The monoisotopic (exact) mass is 418 g/mol. The Morgan fingerprint density at radius 3 is 2.31 bits per heavy atom. The number of ether oxygens (including phenoxy) is 1. The summed E-state index contributed by atoms with van der Waals surface area (Å²) in [6, 6.07) is 14.4. The molecule has 2 aromatic rings. The van der Waals surface area contributed by atoms with Crippen molar-refractivity contribution in [3.63, 3.8) is 0 Å². The van der Waals surface area contributed by atoms with E-state index in [-0.39, 0.29) is 17.9 Å². The van der Waals surface area contributed by atoms with Crippen molar-refractivity contribution < 1.29 is 27.5 Å². The molecule has 3 amide bonds. The highest BCUT2D eigenvalue weighted by atomic mass is 32.2. The molecular weight excluding hydrogens is 396 g/mol. The largest absolute Gasteiger partial charge is 0.449 e. The minimum absolute atomic E-state index is 0.110. The number of rotatable bonds is 7. The van der Waals surface area contributed by atoms with Gasteiger partial charge in [-0.25, -0.2) is 18.0 Å². The van der Waals surface area contributed by atoms with Crippen molar-refractivity contribution in [2.45, 2.75) is 25.3 Å². The molecule has 1 atom stereocenters. The maximum atomic E-state index is 12.2. The lowest BCUT2D eigenvalue weighted by Crippen LogP contribution is -2.44. The summed E-state index contributed by atoms with van der Waals surface area (Å²) in [4.78, 5) is 36.1. The molecule has 8 nitrogen and oxygen atoms in total. The van der Waals surface area contributed by atoms with Crippen molar-refractivity contribution in [2.24, 2.45) is 0 Å². The average molecular weight is 418 g/mol. The van der Waals surface area contributed by atoms with Gasteiger partial charge in [-0.2, -0.15) is 0 Å². The van der Waals surface area contributed by atoms with Crippen LogP contribution < -0.4 is 10.6 Å². The molecule has 2 N–H and O–H groups in total. The van der Waals surface area contributed by atoms with E-state index in [4.69, 9.17) is 4.74 Å².